The Hall–Kier alpha value is -3.08. The average molecular weight is 361 g/mol. The number of para-hydroxylation sites is 2. The van der Waals surface area contributed by atoms with E-state index in [0.717, 1.165) is 41.1 Å². The van der Waals surface area contributed by atoms with E-state index >= 15 is 0 Å². The fraction of sp³-hybridized carbons (Fsp3) is 0.273. The third-order valence-electron chi connectivity index (χ3n) is 5.06. The highest BCUT2D eigenvalue weighted by Gasteiger charge is 2.18. The van der Waals surface area contributed by atoms with E-state index in [2.05, 4.69) is 21.3 Å². The van der Waals surface area contributed by atoms with Gasteiger partial charge in [0.2, 0.25) is 0 Å². The second kappa shape index (κ2) is 7.27. The molecule has 1 amide bonds. The van der Waals surface area contributed by atoms with Crippen LogP contribution in [0.5, 0.6) is 5.75 Å². The van der Waals surface area contributed by atoms with Crippen LogP contribution in [0.4, 0.5) is 11.4 Å². The molecule has 0 spiro atoms. The number of ether oxygens (including phenoxy) is 1. The van der Waals surface area contributed by atoms with Crippen LogP contribution in [0.1, 0.15) is 28.9 Å². The number of hydrogen-bond donors (Lipinski definition) is 1. The van der Waals surface area contributed by atoms with Gasteiger partial charge in [0.25, 0.3) is 5.91 Å². The first-order valence-electron chi connectivity index (χ1n) is 9.26. The van der Waals surface area contributed by atoms with Gasteiger partial charge >= 0.3 is 0 Å². The largest absolute Gasteiger partial charge is 0.497 e. The summed E-state index contributed by atoms with van der Waals surface area (Å²) in [5, 5.41) is 3.97. The Bertz CT molecular complexity index is 994. The molecule has 5 nitrogen and oxygen atoms in total. The molecule has 0 atom stereocenters. The Morgan fingerprint density at radius 1 is 1.11 bits per heavy atom. The van der Waals surface area contributed by atoms with Gasteiger partial charge in [-0.2, -0.15) is 0 Å². The van der Waals surface area contributed by atoms with E-state index in [4.69, 9.17) is 4.74 Å². The van der Waals surface area contributed by atoms with Crippen LogP contribution in [0, 0.1) is 6.92 Å². The number of aromatic nitrogens is 1. The molecule has 1 aliphatic heterocycles. The zero-order valence-electron chi connectivity index (χ0n) is 15.7. The number of carbonyl (C=O) groups excluding carboxylic acids is 1. The lowest BCUT2D eigenvalue weighted by atomic mass is 10.1. The van der Waals surface area contributed by atoms with Gasteiger partial charge in [-0.3, -0.25) is 9.78 Å². The van der Waals surface area contributed by atoms with Gasteiger partial charge in [0, 0.05) is 18.5 Å². The molecule has 138 valence electrons. The maximum Gasteiger partial charge on any atom is 0.257 e. The lowest BCUT2D eigenvalue weighted by Gasteiger charge is -2.21. The number of rotatable bonds is 4. The van der Waals surface area contributed by atoms with Gasteiger partial charge in [0.15, 0.2) is 0 Å². The van der Waals surface area contributed by atoms with E-state index in [1.807, 2.05) is 49.4 Å². The zero-order valence-corrected chi connectivity index (χ0v) is 15.7. The van der Waals surface area contributed by atoms with Crippen molar-refractivity contribution >= 4 is 28.2 Å². The Morgan fingerprint density at radius 3 is 2.67 bits per heavy atom. The van der Waals surface area contributed by atoms with Crippen LogP contribution in [0.2, 0.25) is 0 Å². The summed E-state index contributed by atoms with van der Waals surface area (Å²) >= 11 is 0. The number of hydrogen-bond acceptors (Lipinski definition) is 4. The molecule has 0 aliphatic carbocycles. The molecule has 3 aromatic rings. The summed E-state index contributed by atoms with van der Waals surface area (Å²) in [6, 6.07) is 15.6. The van der Waals surface area contributed by atoms with E-state index in [1.54, 1.807) is 7.11 Å². The molecule has 0 bridgehead atoms. The molecule has 0 radical (unpaired) electrons. The molecule has 27 heavy (non-hydrogen) atoms. The number of nitrogens with one attached hydrogen (secondary N) is 1. The molecule has 1 N–H and O–H groups in total. The molecular weight excluding hydrogens is 338 g/mol. The third kappa shape index (κ3) is 3.45. The summed E-state index contributed by atoms with van der Waals surface area (Å²) in [6.45, 7) is 3.93. The number of nitrogens with zero attached hydrogens (tertiary/aromatic N) is 2. The molecule has 2 aromatic carbocycles. The van der Waals surface area contributed by atoms with Crippen molar-refractivity contribution < 1.29 is 9.53 Å². The van der Waals surface area contributed by atoms with Crippen molar-refractivity contribution in [2.45, 2.75) is 19.8 Å². The van der Waals surface area contributed by atoms with Gasteiger partial charge in [0.1, 0.15) is 5.75 Å². The fourth-order valence-corrected chi connectivity index (χ4v) is 3.61. The Morgan fingerprint density at radius 2 is 1.89 bits per heavy atom. The number of aryl methyl sites for hydroxylation is 1. The number of amides is 1. The monoisotopic (exact) mass is 361 g/mol. The van der Waals surface area contributed by atoms with Gasteiger partial charge in [-0.1, -0.05) is 12.1 Å². The van der Waals surface area contributed by atoms with E-state index in [-0.39, 0.29) is 5.91 Å². The van der Waals surface area contributed by atoms with Crippen molar-refractivity contribution in [1.82, 2.24) is 4.98 Å². The first-order chi connectivity index (χ1) is 13.2. The third-order valence-corrected chi connectivity index (χ3v) is 5.06. The summed E-state index contributed by atoms with van der Waals surface area (Å²) in [4.78, 5) is 19.9. The second-order valence-corrected chi connectivity index (χ2v) is 6.85. The summed E-state index contributed by atoms with van der Waals surface area (Å²) in [6.07, 6.45) is 2.38. The second-order valence-electron chi connectivity index (χ2n) is 6.85. The van der Waals surface area contributed by atoms with Crippen LogP contribution in [-0.4, -0.2) is 31.1 Å². The normalized spacial score (nSPS) is 13.8. The summed E-state index contributed by atoms with van der Waals surface area (Å²) in [7, 11) is 1.63. The molecule has 0 unspecified atom stereocenters. The molecule has 2 heterocycles. The zero-order chi connectivity index (χ0) is 18.8. The van der Waals surface area contributed by atoms with Crippen LogP contribution < -0.4 is 15.0 Å². The molecule has 0 saturated carbocycles. The maximum absolute atomic E-state index is 13.0. The predicted octanol–water partition coefficient (Wildman–Crippen LogP) is 4.40. The Labute approximate surface area is 159 Å². The fourth-order valence-electron chi connectivity index (χ4n) is 3.61. The van der Waals surface area contributed by atoms with E-state index in [0.29, 0.717) is 11.3 Å². The lowest BCUT2D eigenvalue weighted by molar-refractivity contribution is 0.102. The van der Waals surface area contributed by atoms with E-state index in [9.17, 15) is 4.79 Å². The van der Waals surface area contributed by atoms with Crippen LogP contribution in [0.25, 0.3) is 10.9 Å². The number of methoxy groups -OCH3 is 1. The highest BCUT2D eigenvalue weighted by atomic mass is 16.5. The topological polar surface area (TPSA) is 54.5 Å². The van der Waals surface area contributed by atoms with E-state index in [1.165, 1.54) is 12.8 Å². The molecule has 1 fully saturated rings. The van der Waals surface area contributed by atoms with Crippen molar-refractivity contribution in [2.75, 3.05) is 30.4 Å². The lowest BCUT2D eigenvalue weighted by Crippen LogP contribution is -2.21. The summed E-state index contributed by atoms with van der Waals surface area (Å²) in [5.74, 6) is 0.607. The van der Waals surface area contributed by atoms with Gasteiger partial charge in [-0.25, -0.2) is 0 Å². The van der Waals surface area contributed by atoms with Crippen molar-refractivity contribution in [3.63, 3.8) is 0 Å². The van der Waals surface area contributed by atoms with Crippen LogP contribution in [-0.2, 0) is 0 Å². The molecular formula is C22H23N3O2. The van der Waals surface area contributed by atoms with Crippen LogP contribution in [0.3, 0.4) is 0 Å². The van der Waals surface area contributed by atoms with Gasteiger partial charge in [0.05, 0.1) is 35.3 Å². The predicted molar refractivity (Wildman–Crippen MR) is 109 cm³/mol. The molecule has 1 aromatic heterocycles. The quantitative estimate of drug-likeness (QED) is 0.748. The first-order valence-corrected chi connectivity index (χ1v) is 9.26. The smallest absolute Gasteiger partial charge is 0.257 e. The highest BCUT2D eigenvalue weighted by molar-refractivity contribution is 6.08. The number of anilines is 2. The highest BCUT2D eigenvalue weighted by Crippen LogP contribution is 2.29. The minimum absolute atomic E-state index is 0.142. The Kier molecular flexibility index (Phi) is 4.67. The minimum atomic E-state index is -0.142. The van der Waals surface area contributed by atoms with Crippen molar-refractivity contribution in [3.8, 4) is 5.75 Å². The van der Waals surface area contributed by atoms with Gasteiger partial charge < -0.3 is 15.0 Å². The molecule has 1 aliphatic rings. The van der Waals surface area contributed by atoms with Crippen LogP contribution in [0.15, 0.2) is 48.5 Å². The molecule has 4 rings (SSSR count). The minimum Gasteiger partial charge on any atom is -0.497 e. The Balaban J connectivity index is 1.66. The maximum atomic E-state index is 13.0. The van der Waals surface area contributed by atoms with Crippen molar-refractivity contribution in [1.29, 1.82) is 0 Å². The number of carbonyl (C=O) groups is 1. The number of pyridine rings is 1. The van der Waals surface area contributed by atoms with Crippen molar-refractivity contribution in [3.05, 3.63) is 59.8 Å². The van der Waals surface area contributed by atoms with Crippen molar-refractivity contribution in [2.24, 2.45) is 0 Å². The van der Waals surface area contributed by atoms with Gasteiger partial charge in [-0.15, -0.1) is 0 Å². The average Bonchev–Trinajstić information content (AvgIpc) is 3.22. The summed E-state index contributed by atoms with van der Waals surface area (Å²) < 4.78 is 5.29. The standard InChI is InChI=1S/C22H23N3O2/c1-15-18(14-16-13-17(27-2)9-10-19(16)23-15)22(26)24-20-7-3-4-8-21(20)25-11-5-6-12-25/h3-4,7-10,13-14H,5-6,11-12H2,1-2H3,(H,24,26). The van der Waals surface area contributed by atoms with Gasteiger partial charge in [-0.05, 0) is 56.2 Å². The molecule has 1 saturated heterocycles. The SMILES string of the molecule is COc1ccc2nc(C)c(C(=O)Nc3ccccc3N3CCCC3)cc2c1. The number of benzene rings is 2. The number of fused-ring (bicyclic) bond motifs is 1. The van der Waals surface area contributed by atoms with Crippen LogP contribution >= 0.6 is 0 Å². The molecule has 5 heteroatoms. The van der Waals surface area contributed by atoms with E-state index < -0.39 is 0 Å². The first kappa shape index (κ1) is 17.3. The summed E-state index contributed by atoms with van der Waals surface area (Å²) in [5.41, 5.74) is 4.06.